The molecule has 0 spiro atoms. The van der Waals surface area contributed by atoms with Gasteiger partial charge in [0.05, 0.1) is 6.54 Å². The average molecular weight is 103 g/mol. The summed E-state index contributed by atoms with van der Waals surface area (Å²) in [6.45, 7) is -0.130. The predicted molar refractivity (Wildman–Crippen MR) is 22.1 cm³/mol. The first-order valence-electron chi connectivity index (χ1n) is 1.68. The maximum atomic E-state index is 9.49. The highest BCUT2D eigenvalue weighted by Gasteiger charge is 1.86. The van der Waals surface area contributed by atoms with Crippen LogP contribution in [-0.2, 0) is 4.79 Å². The molecule has 0 fully saturated rings. The summed E-state index contributed by atoms with van der Waals surface area (Å²) in [5.41, 5.74) is 0. The fourth-order valence-corrected chi connectivity index (χ4v) is 0.129. The Hall–Kier alpha value is -1.06. The predicted octanol–water partition coefficient (Wildman–Crippen LogP) is -0.547. The zero-order chi connectivity index (χ0) is 5.70. The zero-order valence-corrected chi connectivity index (χ0v) is 3.55. The molecule has 0 aliphatic rings. The second kappa shape index (κ2) is 3.14. The third-order valence-corrected chi connectivity index (χ3v) is 0.337. The molecular formula is C3H5NO3. The highest BCUT2D eigenvalue weighted by Crippen LogP contribution is 1.53. The summed E-state index contributed by atoms with van der Waals surface area (Å²) in [6, 6.07) is 0. The maximum absolute atomic E-state index is 9.49. The van der Waals surface area contributed by atoms with Gasteiger partial charge in [-0.25, -0.2) is 4.79 Å². The van der Waals surface area contributed by atoms with Crippen molar-refractivity contribution in [3.8, 4) is 0 Å². The topological polar surface area (TPSA) is 66.4 Å². The Bertz CT molecular complexity index is 80.2. The van der Waals surface area contributed by atoms with Crippen LogP contribution in [0.3, 0.4) is 0 Å². The number of nitrogens with one attached hydrogen (secondary N) is 1. The minimum atomic E-state index is -1.17. The van der Waals surface area contributed by atoms with Crippen LogP contribution in [0.1, 0.15) is 0 Å². The summed E-state index contributed by atoms with van der Waals surface area (Å²) in [7, 11) is 0. The maximum Gasteiger partial charge on any atom is 0.405 e. The second-order valence-electron chi connectivity index (χ2n) is 0.853. The van der Waals surface area contributed by atoms with E-state index in [1.165, 1.54) is 0 Å². The lowest BCUT2D eigenvalue weighted by Crippen LogP contribution is -2.22. The lowest BCUT2D eigenvalue weighted by Gasteiger charge is -1.86. The molecule has 4 heteroatoms. The van der Waals surface area contributed by atoms with Crippen LogP contribution in [-0.4, -0.2) is 24.0 Å². The van der Waals surface area contributed by atoms with Crippen molar-refractivity contribution in [3.05, 3.63) is 0 Å². The zero-order valence-electron chi connectivity index (χ0n) is 3.55. The number of hydrogen-bond donors (Lipinski definition) is 2. The Balaban J connectivity index is 2.97. The first-order valence-corrected chi connectivity index (χ1v) is 1.68. The van der Waals surface area contributed by atoms with Gasteiger partial charge < -0.3 is 15.2 Å². The van der Waals surface area contributed by atoms with Crippen LogP contribution >= 0.6 is 0 Å². The molecule has 4 nitrogen and oxygen atoms in total. The van der Waals surface area contributed by atoms with Gasteiger partial charge in [-0.3, -0.25) is 0 Å². The van der Waals surface area contributed by atoms with Crippen molar-refractivity contribution in [2.24, 2.45) is 0 Å². The molecule has 0 aromatic carbocycles. The lowest BCUT2D eigenvalue weighted by molar-refractivity contribution is -0.107. The van der Waals surface area contributed by atoms with Gasteiger partial charge in [0.25, 0.3) is 0 Å². The van der Waals surface area contributed by atoms with Crippen LogP contribution in [0.15, 0.2) is 0 Å². The van der Waals surface area contributed by atoms with E-state index >= 15 is 0 Å². The molecule has 0 aliphatic heterocycles. The van der Waals surface area contributed by atoms with Crippen LogP contribution in [0, 0.1) is 0 Å². The normalized spacial score (nSPS) is 7.43. The largest absolute Gasteiger partial charge is 0.465 e. The molecule has 1 amide bonds. The van der Waals surface area contributed by atoms with Crippen molar-refractivity contribution in [2.45, 2.75) is 0 Å². The summed E-state index contributed by atoms with van der Waals surface area (Å²) in [6.07, 6.45) is -0.694. The van der Waals surface area contributed by atoms with Gasteiger partial charge in [0, 0.05) is 0 Å². The molecule has 0 bridgehead atoms. The van der Waals surface area contributed by atoms with Crippen LogP contribution in [0.2, 0.25) is 0 Å². The smallest absolute Gasteiger partial charge is 0.405 e. The van der Waals surface area contributed by atoms with Crippen LogP contribution in [0.4, 0.5) is 4.79 Å². The van der Waals surface area contributed by atoms with Gasteiger partial charge in [-0.2, -0.15) is 0 Å². The molecule has 2 N–H and O–H groups in total. The molecule has 0 aliphatic carbocycles. The molecule has 0 aromatic rings. The quantitative estimate of drug-likeness (QED) is 0.461. The minimum absolute atomic E-state index is 0.130. The van der Waals surface area contributed by atoms with Crippen LogP contribution < -0.4 is 5.32 Å². The van der Waals surface area contributed by atoms with Crippen molar-refractivity contribution in [1.82, 2.24) is 5.32 Å². The first kappa shape index (κ1) is 5.94. The van der Waals surface area contributed by atoms with Crippen molar-refractivity contribution in [1.29, 1.82) is 0 Å². The van der Waals surface area contributed by atoms with E-state index in [9.17, 15) is 9.59 Å². The molecular weight excluding hydrogens is 98.0 g/mol. The van der Waals surface area contributed by atoms with Gasteiger partial charge in [-0.1, -0.05) is 0 Å². The van der Waals surface area contributed by atoms with Gasteiger partial charge in [0.2, 0.25) is 0 Å². The fourth-order valence-electron chi connectivity index (χ4n) is 0.129. The van der Waals surface area contributed by atoms with Crippen LogP contribution in [0.5, 0.6) is 0 Å². The van der Waals surface area contributed by atoms with Gasteiger partial charge in [-0.15, -0.1) is 0 Å². The molecule has 0 unspecified atom stereocenters. The lowest BCUT2D eigenvalue weighted by atomic mass is 10.7. The molecule has 0 atom stereocenters. The molecule has 0 saturated carbocycles. The third kappa shape index (κ3) is 4.94. The van der Waals surface area contributed by atoms with E-state index in [4.69, 9.17) is 5.11 Å². The Labute approximate surface area is 40.1 Å². The summed E-state index contributed by atoms with van der Waals surface area (Å²) in [4.78, 5) is 18.9. The molecule has 0 aromatic heterocycles. The van der Waals surface area contributed by atoms with E-state index in [0.29, 0.717) is 6.29 Å². The average Bonchev–Trinajstić information content (AvgIpc) is 1.61. The standard InChI is InChI=1S/C3H5NO3/c5-2-1-4-3(6)7/h2,4H,1H2,(H,6,7). The second-order valence-corrected chi connectivity index (χ2v) is 0.853. The monoisotopic (exact) mass is 103 g/mol. The Morgan fingerprint density at radius 1 is 1.86 bits per heavy atom. The number of carbonyl (C=O) groups is 2. The Morgan fingerprint density at radius 3 is 2.57 bits per heavy atom. The third-order valence-electron chi connectivity index (χ3n) is 0.337. The molecule has 0 heterocycles. The van der Waals surface area contributed by atoms with E-state index < -0.39 is 6.09 Å². The van der Waals surface area contributed by atoms with E-state index in [1.54, 1.807) is 0 Å². The van der Waals surface area contributed by atoms with Gasteiger partial charge in [-0.05, 0) is 0 Å². The number of hydrogen-bond acceptors (Lipinski definition) is 2. The first-order chi connectivity index (χ1) is 3.27. The van der Waals surface area contributed by atoms with Gasteiger partial charge in [0.15, 0.2) is 0 Å². The summed E-state index contributed by atoms with van der Waals surface area (Å²) in [5.74, 6) is 0. The van der Waals surface area contributed by atoms with Crippen molar-refractivity contribution < 1.29 is 14.7 Å². The molecule has 40 valence electrons. The van der Waals surface area contributed by atoms with Crippen molar-refractivity contribution in [2.75, 3.05) is 6.54 Å². The number of carboxylic acid groups (broad SMARTS) is 1. The van der Waals surface area contributed by atoms with Gasteiger partial charge >= 0.3 is 6.09 Å². The summed E-state index contributed by atoms with van der Waals surface area (Å²) >= 11 is 0. The van der Waals surface area contributed by atoms with Gasteiger partial charge in [0.1, 0.15) is 6.29 Å². The van der Waals surface area contributed by atoms with Crippen LogP contribution in [0.25, 0.3) is 0 Å². The summed E-state index contributed by atoms with van der Waals surface area (Å²) in [5, 5.41) is 9.62. The van der Waals surface area contributed by atoms with E-state index in [0.717, 1.165) is 0 Å². The van der Waals surface area contributed by atoms with E-state index in [2.05, 4.69) is 0 Å². The molecule has 0 radical (unpaired) electrons. The number of aldehydes is 1. The van der Waals surface area contributed by atoms with E-state index in [-0.39, 0.29) is 6.54 Å². The Morgan fingerprint density at radius 2 is 2.43 bits per heavy atom. The van der Waals surface area contributed by atoms with Crippen molar-refractivity contribution in [3.63, 3.8) is 0 Å². The minimum Gasteiger partial charge on any atom is -0.465 e. The summed E-state index contributed by atoms with van der Waals surface area (Å²) < 4.78 is 0. The Kier molecular flexibility index (Phi) is 2.67. The molecule has 0 saturated heterocycles. The highest BCUT2D eigenvalue weighted by atomic mass is 16.4. The SMILES string of the molecule is O=CCNC(=O)O. The molecule has 7 heavy (non-hydrogen) atoms. The number of amides is 1. The molecule has 0 rings (SSSR count). The number of carbonyl (C=O) groups excluding carboxylic acids is 1. The van der Waals surface area contributed by atoms with Crippen molar-refractivity contribution >= 4 is 12.4 Å². The highest BCUT2D eigenvalue weighted by molar-refractivity contribution is 5.68. The number of rotatable bonds is 2. The van der Waals surface area contributed by atoms with E-state index in [1.807, 2.05) is 5.32 Å². The fraction of sp³-hybridized carbons (Fsp3) is 0.333.